The van der Waals surface area contributed by atoms with Crippen molar-refractivity contribution >= 4 is 35.0 Å². The number of carbonyl (C=O) groups excluding carboxylic acids is 2. The van der Waals surface area contributed by atoms with Crippen LogP contribution in [0.2, 0.25) is 10.0 Å². The van der Waals surface area contributed by atoms with Gasteiger partial charge in [-0.3, -0.25) is 9.59 Å². The van der Waals surface area contributed by atoms with Crippen molar-refractivity contribution in [1.82, 2.24) is 10.2 Å². The summed E-state index contributed by atoms with van der Waals surface area (Å²) in [6.07, 6.45) is 0.702. The maximum atomic E-state index is 13.5. The first kappa shape index (κ1) is 25.2. The molecule has 0 radical (unpaired) electrons. The molecule has 6 heteroatoms. The van der Waals surface area contributed by atoms with Crippen LogP contribution in [-0.2, 0) is 22.6 Å². The third-order valence-electron chi connectivity index (χ3n) is 5.31. The average molecular weight is 463 g/mol. The Bertz CT molecular complexity index is 907. The molecule has 0 aliphatic rings. The Morgan fingerprint density at radius 2 is 1.71 bits per heavy atom. The van der Waals surface area contributed by atoms with Gasteiger partial charge in [0.05, 0.1) is 6.42 Å². The Morgan fingerprint density at radius 1 is 1.06 bits per heavy atom. The van der Waals surface area contributed by atoms with Gasteiger partial charge in [0.2, 0.25) is 11.8 Å². The van der Waals surface area contributed by atoms with Crippen LogP contribution >= 0.6 is 23.2 Å². The normalized spacial score (nSPS) is 12.0. The predicted molar refractivity (Wildman–Crippen MR) is 129 cm³/mol. The van der Waals surface area contributed by atoms with Gasteiger partial charge < -0.3 is 10.2 Å². The van der Waals surface area contributed by atoms with Crippen LogP contribution in [0.3, 0.4) is 0 Å². The van der Waals surface area contributed by atoms with Crippen molar-refractivity contribution in [3.63, 3.8) is 0 Å². The summed E-state index contributed by atoms with van der Waals surface area (Å²) < 4.78 is 0. The third kappa shape index (κ3) is 6.98. The highest BCUT2D eigenvalue weighted by molar-refractivity contribution is 6.36. The van der Waals surface area contributed by atoms with Crippen molar-refractivity contribution < 1.29 is 9.59 Å². The minimum atomic E-state index is -0.608. The molecule has 0 heterocycles. The van der Waals surface area contributed by atoms with Gasteiger partial charge in [0.25, 0.3) is 0 Å². The van der Waals surface area contributed by atoms with Crippen molar-refractivity contribution in [2.45, 2.75) is 60.0 Å². The first-order chi connectivity index (χ1) is 14.6. The third-order valence-corrected chi connectivity index (χ3v) is 6.02. The van der Waals surface area contributed by atoms with Crippen molar-refractivity contribution in [2.75, 3.05) is 6.54 Å². The zero-order valence-electron chi connectivity index (χ0n) is 19.0. The molecule has 2 aromatic carbocycles. The lowest BCUT2D eigenvalue weighted by Gasteiger charge is -2.31. The molecule has 0 unspecified atom stereocenters. The number of hydrogen-bond donors (Lipinski definition) is 1. The molecule has 0 saturated carbocycles. The summed E-state index contributed by atoms with van der Waals surface area (Å²) in [5.41, 5.74) is 3.75. The molecule has 0 aromatic heterocycles. The second kappa shape index (κ2) is 11.5. The molecule has 0 bridgehead atoms. The van der Waals surface area contributed by atoms with Gasteiger partial charge in [-0.2, -0.15) is 0 Å². The number of benzene rings is 2. The molecule has 0 aliphatic heterocycles. The van der Waals surface area contributed by atoms with E-state index in [1.54, 1.807) is 23.1 Å². The maximum absolute atomic E-state index is 13.5. The summed E-state index contributed by atoms with van der Waals surface area (Å²) >= 11 is 12.8. The topological polar surface area (TPSA) is 49.4 Å². The lowest BCUT2D eigenvalue weighted by molar-refractivity contribution is -0.141. The summed E-state index contributed by atoms with van der Waals surface area (Å²) in [4.78, 5) is 28.1. The molecule has 0 aliphatic carbocycles. The molecular formula is C25H32Cl2N2O2. The second-order valence-electron chi connectivity index (χ2n) is 8.39. The van der Waals surface area contributed by atoms with Crippen LogP contribution < -0.4 is 5.32 Å². The van der Waals surface area contributed by atoms with E-state index in [9.17, 15) is 9.59 Å². The highest BCUT2D eigenvalue weighted by Crippen LogP contribution is 2.27. The van der Waals surface area contributed by atoms with Crippen molar-refractivity contribution in [3.8, 4) is 0 Å². The fourth-order valence-corrected chi connectivity index (χ4v) is 3.97. The van der Waals surface area contributed by atoms with E-state index in [2.05, 4.69) is 5.32 Å². The number of nitrogens with one attached hydrogen (secondary N) is 1. The van der Waals surface area contributed by atoms with E-state index in [0.29, 0.717) is 34.5 Å². The van der Waals surface area contributed by atoms with Crippen LogP contribution in [0.15, 0.2) is 36.4 Å². The number of aryl methyl sites for hydroxylation is 2. The van der Waals surface area contributed by atoms with Crippen LogP contribution in [0.25, 0.3) is 0 Å². The highest BCUT2D eigenvalue weighted by atomic mass is 35.5. The molecule has 2 aromatic rings. The number of rotatable bonds is 9. The molecule has 0 saturated heterocycles. The van der Waals surface area contributed by atoms with Gasteiger partial charge >= 0.3 is 0 Å². The minimum absolute atomic E-state index is 0.128. The second-order valence-corrected chi connectivity index (χ2v) is 9.21. The van der Waals surface area contributed by atoms with Gasteiger partial charge in [0, 0.05) is 28.7 Å². The van der Waals surface area contributed by atoms with Crippen LogP contribution in [0.5, 0.6) is 0 Å². The SMILES string of the molecule is CC[C@@H](C(=O)NCC(C)C)N(Cc1c(Cl)cccc1Cl)C(=O)Cc1cc(C)ccc1C. The van der Waals surface area contributed by atoms with Crippen molar-refractivity contribution in [3.05, 3.63) is 68.7 Å². The van der Waals surface area contributed by atoms with Gasteiger partial charge in [0.1, 0.15) is 6.04 Å². The predicted octanol–water partition coefficient (Wildman–Crippen LogP) is 5.73. The smallest absolute Gasteiger partial charge is 0.242 e. The van der Waals surface area contributed by atoms with Gasteiger partial charge in [-0.25, -0.2) is 0 Å². The van der Waals surface area contributed by atoms with Crippen LogP contribution in [0.4, 0.5) is 0 Å². The largest absolute Gasteiger partial charge is 0.354 e. The number of carbonyl (C=O) groups is 2. The maximum Gasteiger partial charge on any atom is 0.242 e. The number of nitrogens with zero attached hydrogens (tertiary/aromatic N) is 1. The lowest BCUT2D eigenvalue weighted by Crippen LogP contribution is -2.50. The summed E-state index contributed by atoms with van der Waals surface area (Å²) in [6, 6.07) is 10.7. The van der Waals surface area contributed by atoms with Gasteiger partial charge in [-0.1, -0.05) is 73.8 Å². The average Bonchev–Trinajstić information content (AvgIpc) is 2.71. The molecule has 0 spiro atoms. The number of halogens is 2. The Labute approximate surface area is 195 Å². The molecule has 2 amide bonds. The highest BCUT2D eigenvalue weighted by Gasteiger charge is 2.30. The quantitative estimate of drug-likeness (QED) is 0.516. The Balaban J connectivity index is 2.39. The van der Waals surface area contributed by atoms with Crippen molar-refractivity contribution in [2.24, 2.45) is 5.92 Å². The fraction of sp³-hybridized carbons (Fsp3) is 0.440. The Kier molecular flexibility index (Phi) is 9.39. The van der Waals surface area contributed by atoms with E-state index >= 15 is 0 Å². The van der Waals surface area contributed by atoms with E-state index in [0.717, 1.165) is 16.7 Å². The van der Waals surface area contributed by atoms with Gasteiger partial charge in [0.15, 0.2) is 0 Å². The van der Waals surface area contributed by atoms with E-state index < -0.39 is 6.04 Å². The molecule has 1 atom stereocenters. The van der Waals surface area contributed by atoms with Crippen LogP contribution in [0, 0.1) is 19.8 Å². The van der Waals surface area contributed by atoms with E-state index in [1.807, 2.05) is 52.8 Å². The Hall–Kier alpha value is -2.04. The zero-order valence-corrected chi connectivity index (χ0v) is 20.5. The number of hydrogen-bond acceptors (Lipinski definition) is 2. The van der Waals surface area contributed by atoms with Gasteiger partial charge in [-0.05, 0) is 49.4 Å². The summed E-state index contributed by atoms with van der Waals surface area (Å²) in [7, 11) is 0. The summed E-state index contributed by atoms with van der Waals surface area (Å²) in [5.74, 6) is 0.0310. The fourth-order valence-electron chi connectivity index (χ4n) is 3.45. The van der Waals surface area contributed by atoms with Crippen LogP contribution in [0.1, 0.15) is 49.4 Å². The molecule has 1 N–H and O–H groups in total. The van der Waals surface area contributed by atoms with E-state index in [4.69, 9.17) is 23.2 Å². The summed E-state index contributed by atoms with van der Waals surface area (Å²) in [6.45, 7) is 10.7. The molecule has 2 rings (SSSR count). The molecule has 4 nitrogen and oxygen atoms in total. The lowest BCUT2D eigenvalue weighted by atomic mass is 10.0. The first-order valence-corrected chi connectivity index (χ1v) is 11.5. The standard InChI is InChI=1S/C25H32Cl2N2O2/c1-6-23(25(31)28-14-16(2)3)29(15-20-21(26)8-7-9-22(20)27)24(30)13-19-12-17(4)10-11-18(19)5/h7-12,16,23H,6,13-15H2,1-5H3,(H,28,31)/t23-/m0/s1. The Morgan fingerprint density at radius 3 is 2.29 bits per heavy atom. The van der Waals surface area contributed by atoms with E-state index in [-0.39, 0.29) is 24.8 Å². The molecule has 0 fully saturated rings. The van der Waals surface area contributed by atoms with E-state index in [1.165, 1.54) is 0 Å². The number of amides is 2. The minimum Gasteiger partial charge on any atom is -0.354 e. The molecular weight excluding hydrogens is 431 g/mol. The van der Waals surface area contributed by atoms with Gasteiger partial charge in [-0.15, -0.1) is 0 Å². The monoisotopic (exact) mass is 462 g/mol. The van der Waals surface area contributed by atoms with Crippen LogP contribution in [-0.4, -0.2) is 29.3 Å². The zero-order chi connectivity index (χ0) is 23.1. The molecule has 31 heavy (non-hydrogen) atoms. The van der Waals surface area contributed by atoms with Crippen molar-refractivity contribution in [1.29, 1.82) is 0 Å². The molecule has 168 valence electrons. The summed E-state index contributed by atoms with van der Waals surface area (Å²) in [5, 5.41) is 3.93. The first-order valence-electron chi connectivity index (χ1n) is 10.7.